The summed E-state index contributed by atoms with van der Waals surface area (Å²) in [6.07, 6.45) is 3.30. The molecule has 0 saturated heterocycles. The van der Waals surface area contributed by atoms with Crippen LogP contribution < -0.4 is 11.4 Å². The summed E-state index contributed by atoms with van der Waals surface area (Å²) in [5.74, 6) is 0.524. The summed E-state index contributed by atoms with van der Waals surface area (Å²) < 4.78 is 5.28. The lowest BCUT2D eigenvalue weighted by Gasteiger charge is -2.07. The Labute approximate surface area is 114 Å². The van der Waals surface area contributed by atoms with Gasteiger partial charge in [-0.3, -0.25) is 5.41 Å². The Hall–Kier alpha value is -1.75. The van der Waals surface area contributed by atoms with Crippen LogP contribution in [0.15, 0.2) is 27.4 Å². The summed E-state index contributed by atoms with van der Waals surface area (Å²) >= 11 is 1.22. The van der Waals surface area contributed by atoms with E-state index in [1.807, 2.05) is 6.07 Å². The number of nitrogens with one attached hydrogen (secondary N) is 1. The Kier molecular flexibility index (Phi) is 3.06. The van der Waals surface area contributed by atoms with E-state index >= 15 is 0 Å². The topological polar surface area (TPSA) is 80.1 Å². The minimum absolute atomic E-state index is 0.0579. The van der Waals surface area contributed by atoms with E-state index in [0.717, 1.165) is 30.2 Å². The summed E-state index contributed by atoms with van der Waals surface area (Å²) in [7, 11) is 0. The van der Waals surface area contributed by atoms with Crippen LogP contribution >= 0.6 is 11.8 Å². The monoisotopic (exact) mass is 274 g/mol. The molecule has 0 unspecified atom stereocenters. The summed E-state index contributed by atoms with van der Waals surface area (Å²) in [6.45, 7) is 0. The summed E-state index contributed by atoms with van der Waals surface area (Å²) in [6, 6.07) is 5.61. The molecule has 1 aliphatic rings. The molecule has 5 heteroatoms. The smallest absolute Gasteiger partial charge is 0.336 e. The van der Waals surface area contributed by atoms with E-state index in [-0.39, 0.29) is 10.8 Å². The maximum Gasteiger partial charge on any atom is 0.336 e. The normalized spacial score (nSPS) is 13.7. The highest BCUT2D eigenvalue weighted by atomic mass is 32.2. The first-order valence-electron chi connectivity index (χ1n) is 6.19. The Balaban J connectivity index is 2.14. The van der Waals surface area contributed by atoms with Gasteiger partial charge in [0.2, 0.25) is 0 Å². The number of aryl methyl sites for hydroxylation is 2. The van der Waals surface area contributed by atoms with Crippen LogP contribution in [-0.4, -0.2) is 5.17 Å². The molecule has 0 radical (unpaired) electrons. The summed E-state index contributed by atoms with van der Waals surface area (Å²) in [4.78, 5) is 11.6. The lowest BCUT2D eigenvalue weighted by atomic mass is 10.0. The van der Waals surface area contributed by atoms with Crippen molar-refractivity contribution in [3.8, 4) is 0 Å². The van der Waals surface area contributed by atoms with Gasteiger partial charge in [-0.25, -0.2) is 4.79 Å². The van der Waals surface area contributed by atoms with Crippen molar-refractivity contribution in [1.29, 1.82) is 5.41 Å². The molecular formula is C14H14N2O2S. The number of fused-ring (bicyclic) bond motifs is 2. The minimum Gasteiger partial charge on any atom is -0.423 e. The van der Waals surface area contributed by atoms with Gasteiger partial charge in [-0.05, 0) is 48.1 Å². The lowest BCUT2D eigenvalue weighted by Crippen LogP contribution is -2.06. The number of benzene rings is 1. The van der Waals surface area contributed by atoms with Gasteiger partial charge < -0.3 is 10.2 Å². The van der Waals surface area contributed by atoms with Crippen molar-refractivity contribution in [2.24, 2.45) is 5.73 Å². The van der Waals surface area contributed by atoms with Crippen molar-refractivity contribution in [2.75, 3.05) is 0 Å². The number of thioether (sulfide) groups is 1. The largest absolute Gasteiger partial charge is 0.423 e. The summed E-state index contributed by atoms with van der Waals surface area (Å²) in [5.41, 5.74) is 9.18. The van der Waals surface area contributed by atoms with Gasteiger partial charge in [-0.15, -0.1) is 0 Å². The van der Waals surface area contributed by atoms with Crippen molar-refractivity contribution < 1.29 is 4.42 Å². The molecule has 0 aliphatic heterocycles. The van der Waals surface area contributed by atoms with Crippen molar-refractivity contribution in [1.82, 2.24) is 0 Å². The molecule has 1 aromatic heterocycles. The highest BCUT2D eigenvalue weighted by Crippen LogP contribution is 2.29. The van der Waals surface area contributed by atoms with Crippen LogP contribution in [0.5, 0.6) is 0 Å². The zero-order chi connectivity index (χ0) is 13.4. The van der Waals surface area contributed by atoms with Gasteiger partial charge >= 0.3 is 5.63 Å². The quantitative estimate of drug-likeness (QED) is 0.500. The molecular weight excluding hydrogens is 260 g/mol. The SMILES string of the molecule is N=C(N)SCc1cc(=O)oc2cc3c(cc12)CCC3. The fourth-order valence-electron chi connectivity index (χ4n) is 2.57. The van der Waals surface area contributed by atoms with Gasteiger partial charge in [-0.2, -0.15) is 0 Å². The highest BCUT2D eigenvalue weighted by molar-refractivity contribution is 8.13. The van der Waals surface area contributed by atoms with E-state index in [0.29, 0.717) is 11.3 Å². The first-order valence-corrected chi connectivity index (χ1v) is 7.17. The molecule has 0 spiro atoms. The second-order valence-electron chi connectivity index (χ2n) is 4.71. The molecule has 0 atom stereocenters. The van der Waals surface area contributed by atoms with E-state index in [4.69, 9.17) is 15.6 Å². The predicted octanol–water partition coefficient (Wildman–Crippen LogP) is 2.41. The molecule has 98 valence electrons. The van der Waals surface area contributed by atoms with E-state index < -0.39 is 0 Å². The maximum atomic E-state index is 11.6. The number of nitrogens with two attached hydrogens (primary N) is 1. The fourth-order valence-corrected chi connectivity index (χ4v) is 3.12. The number of hydrogen-bond acceptors (Lipinski definition) is 4. The Bertz CT molecular complexity index is 721. The zero-order valence-electron chi connectivity index (χ0n) is 10.4. The van der Waals surface area contributed by atoms with Gasteiger partial charge in [-0.1, -0.05) is 11.8 Å². The number of amidine groups is 1. The molecule has 4 nitrogen and oxygen atoms in total. The van der Waals surface area contributed by atoms with Crippen LogP contribution in [-0.2, 0) is 18.6 Å². The second kappa shape index (κ2) is 4.74. The predicted molar refractivity (Wildman–Crippen MR) is 77.7 cm³/mol. The van der Waals surface area contributed by atoms with Crippen LogP contribution in [0, 0.1) is 5.41 Å². The van der Waals surface area contributed by atoms with Crippen LogP contribution in [0.2, 0.25) is 0 Å². The Morgan fingerprint density at radius 1 is 1.32 bits per heavy atom. The molecule has 1 aromatic carbocycles. The Morgan fingerprint density at radius 2 is 2.05 bits per heavy atom. The zero-order valence-corrected chi connectivity index (χ0v) is 11.2. The third-order valence-electron chi connectivity index (χ3n) is 3.43. The number of hydrogen-bond donors (Lipinski definition) is 2. The lowest BCUT2D eigenvalue weighted by molar-refractivity contribution is 0.559. The van der Waals surface area contributed by atoms with Gasteiger partial charge in [0.05, 0.1) is 0 Å². The Morgan fingerprint density at radius 3 is 2.79 bits per heavy atom. The van der Waals surface area contributed by atoms with Gasteiger partial charge in [0.1, 0.15) is 5.58 Å². The second-order valence-corrected chi connectivity index (χ2v) is 5.73. The molecule has 0 fully saturated rings. The highest BCUT2D eigenvalue weighted by Gasteiger charge is 2.15. The van der Waals surface area contributed by atoms with Crippen molar-refractivity contribution in [3.05, 3.63) is 45.3 Å². The molecule has 19 heavy (non-hydrogen) atoms. The molecule has 0 amide bonds. The first kappa shape index (κ1) is 12.3. The minimum atomic E-state index is -0.343. The standard InChI is InChI=1S/C14H14N2O2S/c15-14(16)19-7-10-6-13(17)18-12-5-9-3-1-2-8(9)4-11(10)12/h4-6H,1-3,7H2,(H3,15,16). The van der Waals surface area contributed by atoms with E-state index in [1.54, 1.807) is 0 Å². The van der Waals surface area contributed by atoms with E-state index in [1.165, 1.54) is 29.0 Å². The number of rotatable bonds is 2. The van der Waals surface area contributed by atoms with E-state index in [2.05, 4.69) is 6.07 Å². The molecule has 0 bridgehead atoms. The third-order valence-corrected chi connectivity index (χ3v) is 4.19. The fraction of sp³-hybridized carbons (Fsp3) is 0.286. The first-order chi connectivity index (χ1) is 9.13. The van der Waals surface area contributed by atoms with Crippen molar-refractivity contribution in [2.45, 2.75) is 25.0 Å². The van der Waals surface area contributed by atoms with Crippen LogP contribution in [0.25, 0.3) is 11.0 Å². The molecule has 2 aromatic rings. The van der Waals surface area contributed by atoms with Crippen LogP contribution in [0.3, 0.4) is 0 Å². The maximum absolute atomic E-state index is 11.6. The van der Waals surface area contributed by atoms with Gasteiger partial charge in [0.25, 0.3) is 0 Å². The molecule has 3 N–H and O–H groups in total. The van der Waals surface area contributed by atoms with E-state index in [9.17, 15) is 4.79 Å². The van der Waals surface area contributed by atoms with Gasteiger partial charge in [0.15, 0.2) is 5.17 Å². The van der Waals surface area contributed by atoms with Crippen LogP contribution in [0.4, 0.5) is 0 Å². The average Bonchev–Trinajstić information content (AvgIpc) is 2.80. The summed E-state index contributed by atoms with van der Waals surface area (Å²) in [5, 5.41) is 8.29. The van der Waals surface area contributed by atoms with Crippen molar-refractivity contribution >= 4 is 27.9 Å². The molecule has 1 aliphatic carbocycles. The van der Waals surface area contributed by atoms with Gasteiger partial charge in [0, 0.05) is 17.2 Å². The third kappa shape index (κ3) is 2.38. The average molecular weight is 274 g/mol. The van der Waals surface area contributed by atoms with Crippen LogP contribution in [0.1, 0.15) is 23.1 Å². The molecule has 0 saturated carbocycles. The molecule has 1 heterocycles. The molecule has 3 rings (SSSR count). The van der Waals surface area contributed by atoms with Crippen molar-refractivity contribution in [3.63, 3.8) is 0 Å².